The van der Waals surface area contributed by atoms with Gasteiger partial charge in [-0.15, -0.1) is 23.5 Å². The van der Waals surface area contributed by atoms with Crippen molar-refractivity contribution < 1.29 is 9.47 Å². The standard InChI is InChI=1S/C10H14O2S2/c1-2-14-10(13-1)5-7-3-6-4-8(11-7)9(10)12-6/h6-9H,1-5H2. The molecule has 4 heterocycles. The SMILES string of the molecule is C1CSC2(CC3CC4CC(O3)C2O4)S1. The van der Waals surface area contributed by atoms with Crippen LogP contribution in [-0.2, 0) is 9.47 Å². The number of hydrogen-bond acceptors (Lipinski definition) is 4. The lowest BCUT2D eigenvalue weighted by Gasteiger charge is -2.43. The average molecular weight is 230 g/mol. The van der Waals surface area contributed by atoms with Gasteiger partial charge in [-0.1, -0.05) is 0 Å². The lowest BCUT2D eigenvalue weighted by atomic mass is 9.91. The van der Waals surface area contributed by atoms with Gasteiger partial charge in [0.15, 0.2) is 0 Å². The monoisotopic (exact) mass is 230 g/mol. The molecule has 0 aromatic carbocycles. The molecule has 0 amide bonds. The van der Waals surface area contributed by atoms with E-state index >= 15 is 0 Å². The summed E-state index contributed by atoms with van der Waals surface area (Å²) in [5, 5.41) is 0. The predicted molar refractivity (Wildman–Crippen MR) is 58.8 cm³/mol. The minimum atomic E-state index is 0.374. The van der Waals surface area contributed by atoms with Crippen molar-refractivity contribution in [3.63, 3.8) is 0 Å². The Kier molecular flexibility index (Phi) is 1.77. The molecule has 3 bridgehead atoms. The summed E-state index contributed by atoms with van der Waals surface area (Å²) in [4.78, 5) is 0. The molecule has 0 aromatic rings. The number of hydrogen-bond donors (Lipinski definition) is 0. The van der Waals surface area contributed by atoms with Crippen molar-refractivity contribution in [1.82, 2.24) is 0 Å². The van der Waals surface area contributed by atoms with Crippen molar-refractivity contribution in [1.29, 1.82) is 0 Å². The average Bonchev–Trinajstić information content (AvgIpc) is 2.68. The summed E-state index contributed by atoms with van der Waals surface area (Å²) in [6, 6.07) is 0. The Labute approximate surface area is 92.5 Å². The van der Waals surface area contributed by atoms with E-state index in [1.807, 2.05) is 0 Å². The van der Waals surface area contributed by atoms with Crippen LogP contribution in [0, 0.1) is 0 Å². The first kappa shape index (κ1) is 8.74. The summed E-state index contributed by atoms with van der Waals surface area (Å²) in [5.74, 6) is 2.60. The molecule has 4 fully saturated rings. The third-order valence-electron chi connectivity index (χ3n) is 3.79. The second kappa shape index (κ2) is 2.84. The van der Waals surface area contributed by atoms with E-state index in [-0.39, 0.29) is 0 Å². The molecule has 0 aromatic heterocycles. The van der Waals surface area contributed by atoms with Crippen LogP contribution < -0.4 is 0 Å². The maximum atomic E-state index is 6.15. The number of ether oxygens (including phenoxy) is 2. The van der Waals surface area contributed by atoms with Gasteiger partial charge >= 0.3 is 0 Å². The molecule has 0 radical (unpaired) electrons. The van der Waals surface area contributed by atoms with Crippen molar-refractivity contribution >= 4 is 23.5 Å². The highest BCUT2D eigenvalue weighted by Crippen LogP contribution is 2.59. The third-order valence-corrected chi connectivity index (χ3v) is 7.34. The van der Waals surface area contributed by atoms with Crippen LogP contribution in [0.25, 0.3) is 0 Å². The van der Waals surface area contributed by atoms with E-state index in [1.165, 1.54) is 17.9 Å². The summed E-state index contributed by atoms with van der Waals surface area (Å²) >= 11 is 4.26. The predicted octanol–water partition coefficient (Wildman–Crippen LogP) is 1.88. The van der Waals surface area contributed by atoms with Crippen LogP contribution in [0.4, 0.5) is 0 Å². The van der Waals surface area contributed by atoms with Gasteiger partial charge in [-0.05, 0) is 6.42 Å². The summed E-state index contributed by atoms with van der Waals surface area (Å²) in [5.41, 5.74) is 0. The van der Waals surface area contributed by atoms with Gasteiger partial charge < -0.3 is 9.47 Å². The summed E-state index contributed by atoms with van der Waals surface area (Å²) in [6.45, 7) is 0. The zero-order valence-corrected chi connectivity index (χ0v) is 9.61. The normalized spacial score (nSPS) is 53.1. The number of fused-ring (bicyclic) bond motifs is 3. The molecule has 2 nitrogen and oxygen atoms in total. The summed E-state index contributed by atoms with van der Waals surface area (Å²) in [6.07, 6.45) is 5.36. The van der Waals surface area contributed by atoms with Gasteiger partial charge in [0.1, 0.15) is 6.10 Å². The molecule has 14 heavy (non-hydrogen) atoms. The highest BCUT2D eigenvalue weighted by molar-refractivity contribution is 8.21. The summed E-state index contributed by atoms with van der Waals surface area (Å²) in [7, 11) is 0. The molecule has 4 saturated heterocycles. The molecule has 0 N–H and O–H groups in total. The van der Waals surface area contributed by atoms with E-state index in [4.69, 9.17) is 9.47 Å². The van der Waals surface area contributed by atoms with Gasteiger partial charge in [-0.2, -0.15) is 0 Å². The highest BCUT2D eigenvalue weighted by atomic mass is 32.2. The maximum Gasteiger partial charge on any atom is 0.108 e. The number of rotatable bonds is 0. The van der Waals surface area contributed by atoms with Gasteiger partial charge in [-0.3, -0.25) is 0 Å². The van der Waals surface area contributed by atoms with Gasteiger partial charge in [0.05, 0.1) is 22.4 Å². The third kappa shape index (κ3) is 1.03. The fourth-order valence-electron chi connectivity index (χ4n) is 3.31. The Bertz CT molecular complexity index is 263. The maximum absolute atomic E-state index is 6.15. The van der Waals surface area contributed by atoms with E-state index in [0.717, 1.165) is 12.8 Å². The molecule has 4 atom stereocenters. The van der Waals surface area contributed by atoms with Gasteiger partial charge in [0.2, 0.25) is 0 Å². The molecule has 4 aliphatic rings. The van der Waals surface area contributed by atoms with Crippen LogP contribution in [0.1, 0.15) is 19.3 Å². The molecule has 4 heteroatoms. The smallest absolute Gasteiger partial charge is 0.108 e. The van der Waals surface area contributed by atoms with Crippen LogP contribution in [0.3, 0.4) is 0 Å². The molecular formula is C10H14O2S2. The molecule has 1 spiro atoms. The Morgan fingerprint density at radius 3 is 2.71 bits per heavy atom. The first-order valence-corrected chi connectivity index (χ1v) is 7.42. The molecule has 0 saturated carbocycles. The molecular weight excluding hydrogens is 216 g/mol. The Balaban J connectivity index is 1.74. The fourth-order valence-corrected chi connectivity index (χ4v) is 6.85. The number of thioether (sulfide) groups is 2. The largest absolute Gasteiger partial charge is 0.372 e. The van der Waals surface area contributed by atoms with E-state index in [9.17, 15) is 0 Å². The quantitative estimate of drug-likeness (QED) is 0.632. The van der Waals surface area contributed by atoms with Gasteiger partial charge in [0.25, 0.3) is 0 Å². The zero-order valence-electron chi connectivity index (χ0n) is 7.98. The van der Waals surface area contributed by atoms with Crippen molar-refractivity contribution in [3.8, 4) is 0 Å². The molecule has 4 rings (SSSR count). The second-order valence-corrected chi connectivity index (χ2v) is 7.77. The minimum absolute atomic E-state index is 0.374. The molecule has 0 aliphatic carbocycles. The Morgan fingerprint density at radius 1 is 1.00 bits per heavy atom. The van der Waals surface area contributed by atoms with Crippen molar-refractivity contribution in [2.45, 2.75) is 47.8 Å². The fraction of sp³-hybridized carbons (Fsp3) is 1.00. The van der Waals surface area contributed by atoms with Gasteiger partial charge in [0, 0.05) is 24.3 Å². The zero-order chi connectivity index (χ0) is 9.17. The Hall–Kier alpha value is 0.620. The first-order valence-electron chi connectivity index (χ1n) is 5.45. The van der Waals surface area contributed by atoms with Crippen LogP contribution >= 0.6 is 23.5 Å². The van der Waals surface area contributed by atoms with Crippen LogP contribution in [0.5, 0.6) is 0 Å². The molecule has 78 valence electrons. The van der Waals surface area contributed by atoms with E-state index in [2.05, 4.69) is 23.5 Å². The topological polar surface area (TPSA) is 18.5 Å². The molecule has 4 aliphatic heterocycles. The summed E-state index contributed by atoms with van der Waals surface area (Å²) < 4.78 is 12.5. The van der Waals surface area contributed by atoms with Crippen molar-refractivity contribution in [2.75, 3.05) is 11.5 Å². The van der Waals surface area contributed by atoms with Gasteiger partial charge in [-0.25, -0.2) is 0 Å². The highest BCUT2D eigenvalue weighted by Gasteiger charge is 2.60. The van der Waals surface area contributed by atoms with Crippen LogP contribution in [-0.4, -0.2) is 40.0 Å². The Morgan fingerprint density at radius 2 is 1.86 bits per heavy atom. The van der Waals surface area contributed by atoms with E-state index < -0.39 is 0 Å². The van der Waals surface area contributed by atoms with Crippen LogP contribution in [0.15, 0.2) is 0 Å². The van der Waals surface area contributed by atoms with E-state index in [1.54, 1.807) is 0 Å². The van der Waals surface area contributed by atoms with E-state index in [0.29, 0.717) is 28.5 Å². The lowest BCUT2D eigenvalue weighted by Crippen LogP contribution is -2.50. The lowest BCUT2D eigenvalue weighted by molar-refractivity contribution is -0.0782. The first-order chi connectivity index (χ1) is 6.86. The van der Waals surface area contributed by atoms with Crippen molar-refractivity contribution in [3.05, 3.63) is 0 Å². The van der Waals surface area contributed by atoms with Crippen molar-refractivity contribution in [2.24, 2.45) is 0 Å². The van der Waals surface area contributed by atoms with Crippen LogP contribution in [0.2, 0.25) is 0 Å². The molecule has 4 unspecified atom stereocenters. The minimum Gasteiger partial charge on any atom is -0.372 e. The second-order valence-electron chi connectivity index (χ2n) is 4.66.